The summed E-state index contributed by atoms with van der Waals surface area (Å²) in [5, 5.41) is 5.73. The summed E-state index contributed by atoms with van der Waals surface area (Å²) in [5.74, 6) is -0.0563. The number of hydrogen-bond acceptors (Lipinski definition) is 7. The fraction of sp³-hybridized carbons (Fsp3) is 0.130. The number of carbonyl (C=O) groups is 1. The predicted octanol–water partition coefficient (Wildman–Crippen LogP) is 3.85. The third kappa shape index (κ3) is 5.13. The molecule has 2 aromatic heterocycles. The van der Waals surface area contributed by atoms with Gasteiger partial charge in [-0.3, -0.25) is 9.36 Å². The molecule has 0 spiro atoms. The topological polar surface area (TPSA) is 103 Å². The van der Waals surface area contributed by atoms with Gasteiger partial charge in [-0.1, -0.05) is 6.58 Å². The molecule has 0 fully saturated rings. The van der Waals surface area contributed by atoms with Gasteiger partial charge >= 0.3 is 0 Å². The van der Waals surface area contributed by atoms with Crippen LogP contribution in [0.25, 0.3) is 16.9 Å². The lowest BCUT2D eigenvalue weighted by atomic mass is 10.2. The molecular formula is C23H21FN6O3. The zero-order valence-electron chi connectivity index (χ0n) is 17.8. The van der Waals surface area contributed by atoms with Crippen LogP contribution in [0.5, 0.6) is 5.75 Å². The molecule has 2 aromatic carbocycles. The Balaban J connectivity index is 1.58. The number of hydrogen-bond donors (Lipinski definition) is 2. The van der Waals surface area contributed by atoms with Crippen LogP contribution < -0.4 is 15.4 Å². The van der Waals surface area contributed by atoms with Gasteiger partial charge in [0.15, 0.2) is 11.6 Å². The molecule has 33 heavy (non-hydrogen) atoms. The molecule has 10 heteroatoms. The van der Waals surface area contributed by atoms with Crippen LogP contribution in [0.2, 0.25) is 0 Å². The number of amides is 1. The number of anilines is 3. The first-order valence-corrected chi connectivity index (χ1v) is 9.99. The van der Waals surface area contributed by atoms with Gasteiger partial charge in [-0.2, -0.15) is 4.98 Å². The molecular weight excluding hydrogens is 427 g/mol. The Kier molecular flexibility index (Phi) is 6.56. The molecule has 0 aliphatic rings. The Morgan fingerprint density at radius 2 is 1.94 bits per heavy atom. The maximum atomic E-state index is 14.7. The third-order valence-electron chi connectivity index (χ3n) is 4.62. The van der Waals surface area contributed by atoms with Crippen LogP contribution in [0.4, 0.5) is 21.7 Å². The SMILES string of the molecule is C=CC(=O)Nc1ccc2ncn(-c3nc(Nc4ccc(OCCOC)cc4)ncc3F)c2c1. The van der Waals surface area contributed by atoms with Gasteiger partial charge in [0.1, 0.15) is 18.7 Å². The molecule has 2 N–H and O–H groups in total. The van der Waals surface area contributed by atoms with Crippen LogP contribution in [0, 0.1) is 5.82 Å². The Morgan fingerprint density at radius 1 is 1.15 bits per heavy atom. The van der Waals surface area contributed by atoms with Crippen molar-refractivity contribution in [2.24, 2.45) is 0 Å². The van der Waals surface area contributed by atoms with Crippen LogP contribution in [-0.4, -0.2) is 45.7 Å². The molecule has 0 aliphatic carbocycles. The van der Waals surface area contributed by atoms with E-state index >= 15 is 0 Å². The van der Waals surface area contributed by atoms with Crippen LogP contribution in [-0.2, 0) is 9.53 Å². The third-order valence-corrected chi connectivity index (χ3v) is 4.62. The van der Waals surface area contributed by atoms with E-state index in [9.17, 15) is 9.18 Å². The molecule has 1 amide bonds. The number of rotatable bonds is 9. The summed E-state index contributed by atoms with van der Waals surface area (Å²) in [6.07, 6.45) is 3.72. The molecule has 0 aliphatic heterocycles. The van der Waals surface area contributed by atoms with Gasteiger partial charge in [0.25, 0.3) is 0 Å². The van der Waals surface area contributed by atoms with Crippen molar-refractivity contribution in [2.75, 3.05) is 31.0 Å². The minimum Gasteiger partial charge on any atom is -0.491 e. The highest BCUT2D eigenvalue weighted by Crippen LogP contribution is 2.24. The maximum absolute atomic E-state index is 14.7. The Bertz CT molecular complexity index is 1290. The van der Waals surface area contributed by atoms with E-state index in [1.54, 1.807) is 49.6 Å². The molecule has 4 aromatic rings. The number of aromatic nitrogens is 4. The lowest BCUT2D eigenvalue weighted by Gasteiger charge is -2.10. The van der Waals surface area contributed by atoms with Crippen LogP contribution in [0.3, 0.4) is 0 Å². The van der Waals surface area contributed by atoms with E-state index in [0.29, 0.717) is 41.4 Å². The van der Waals surface area contributed by atoms with Gasteiger partial charge in [0.05, 0.1) is 23.8 Å². The highest BCUT2D eigenvalue weighted by atomic mass is 19.1. The van der Waals surface area contributed by atoms with Gasteiger partial charge < -0.3 is 20.1 Å². The second kappa shape index (κ2) is 9.88. The van der Waals surface area contributed by atoms with Gasteiger partial charge in [0, 0.05) is 18.5 Å². The van der Waals surface area contributed by atoms with Gasteiger partial charge in [-0.25, -0.2) is 14.4 Å². The highest BCUT2D eigenvalue weighted by Gasteiger charge is 2.14. The van der Waals surface area contributed by atoms with Crippen molar-refractivity contribution in [3.63, 3.8) is 0 Å². The fourth-order valence-electron chi connectivity index (χ4n) is 3.04. The second-order valence-electron chi connectivity index (χ2n) is 6.87. The van der Waals surface area contributed by atoms with Crippen molar-refractivity contribution in [1.82, 2.24) is 19.5 Å². The van der Waals surface area contributed by atoms with E-state index < -0.39 is 5.82 Å². The summed E-state index contributed by atoms with van der Waals surface area (Å²) >= 11 is 0. The molecule has 0 atom stereocenters. The standard InChI is InChI=1S/C23H21FN6O3/c1-3-21(31)27-16-6-9-19-20(12-16)30(14-26-19)22-18(24)13-25-23(29-22)28-15-4-7-17(8-5-15)33-11-10-32-2/h3-9,12-14H,1,10-11H2,2H3,(H,27,31)(H,25,28,29). The van der Waals surface area contributed by atoms with E-state index in [1.165, 1.54) is 17.0 Å². The molecule has 0 saturated carbocycles. The quantitative estimate of drug-likeness (QED) is 0.296. The minimum absolute atomic E-state index is 0.0155. The molecule has 9 nitrogen and oxygen atoms in total. The first-order chi connectivity index (χ1) is 16.1. The van der Waals surface area contributed by atoms with E-state index in [1.807, 2.05) is 0 Å². The summed E-state index contributed by atoms with van der Waals surface area (Å²) in [4.78, 5) is 24.3. The second-order valence-corrected chi connectivity index (χ2v) is 6.87. The average Bonchev–Trinajstić information content (AvgIpc) is 3.24. The normalized spacial score (nSPS) is 10.7. The Morgan fingerprint density at radius 3 is 2.70 bits per heavy atom. The van der Waals surface area contributed by atoms with E-state index in [-0.39, 0.29) is 17.7 Å². The molecule has 0 radical (unpaired) electrons. The zero-order chi connectivity index (χ0) is 23.2. The number of halogens is 1. The zero-order valence-corrected chi connectivity index (χ0v) is 17.8. The summed E-state index contributed by atoms with van der Waals surface area (Å²) < 4.78 is 26.6. The fourth-order valence-corrected chi connectivity index (χ4v) is 3.04. The number of methoxy groups -OCH3 is 1. The largest absolute Gasteiger partial charge is 0.491 e. The molecule has 4 rings (SSSR count). The summed E-state index contributed by atoms with van der Waals surface area (Å²) in [7, 11) is 1.61. The minimum atomic E-state index is -0.623. The first kappa shape index (κ1) is 21.9. The molecule has 168 valence electrons. The maximum Gasteiger partial charge on any atom is 0.247 e. The van der Waals surface area contributed by atoms with Crippen molar-refractivity contribution in [3.8, 4) is 11.6 Å². The number of nitrogens with one attached hydrogen (secondary N) is 2. The summed E-state index contributed by atoms with van der Waals surface area (Å²) in [6, 6.07) is 12.3. The number of nitrogens with zero attached hydrogens (tertiary/aromatic N) is 4. The van der Waals surface area contributed by atoms with E-state index in [4.69, 9.17) is 9.47 Å². The monoisotopic (exact) mass is 448 g/mol. The highest BCUT2D eigenvalue weighted by molar-refractivity contribution is 6.00. The van der Waals surface area contributed by atoms with Crippen LogP contribution in [0.15, 0.2) is 67.6 Å². The number of fused-ring (bicyclic) bond motifs is 1. The van der Waals surface area contributed by atoms with E-state index in [2.05, 4.69) is 32.2 Å². The lowest BCUT2D eigenvalue weighted by molar-refractivity contribution is -0.111. The van der Waals surface area contributed by atoms with E-state index in [0.717, 1.165) is 6.20 Å². The summed E-state index contributed by atoms with van der Waals surface area (Å²) in [6.45, 7) is 4.38. The van der Waals surface area contributed by atoms with Crippen molar-refractivity contribution >= 4 is 34.3 Å². The molecule has 0 bridgehead atoms. The Hall–Kier alpha value is -4.31. The smallest absolute Gasteiger partial charge is 0.247 e. The summed E-state index contributed by atoms with van der Waals surface area (Å²) in [5.41, 5.74) is 2.41. The van der Waals surface area contributed by atoms with Crippen molar-refractivity contribution < 1.29 is 18.7 Å². The predicted molar refractivity (Wildman–Crippen MR) is 123 cm³/mol. The van der Waals surface area contributed by atoms with Crippen LogP contribution in [0.1, 0.15) is 0 Å². The van der Waals surface area contributed by atoms with Gasteiger partial charge in [0.2, 0.25) is 11.9 Å². The van der Waals surface area contributed by atoms with Crippen LogP contribution >= 0.6 is 0 Å². The number of benzene rings is 2. The Labute approximate surface area is 188 Å². The van der Waals surface area contributed by atoms with Gasteiger partial charge in [-0.15, -0.1) is 0 Å². The molecule has 0 saturated heterocycles. The number of imidazole rings is 1. The lowest BCUT2D eigenvalue weighted by Crippen LogP contribution is -2.08. The molecule has 2 heterocycles. The number of carbonyl (C=O) groups excluding carboxylic acids is 1. The number of ether oxygens (including phenoxy) is 2. The van der Waals surface area contributed by atoms with Crippen molar-refractivity contribution in [1.29, 1.82) is 0 Å². The first-order valence-electron chi connectivity index (χ1n) is 9.99. The van der Waals surface area contributed by atoms with Gasteiger partial charge in [-0.05, 0) is 48.5 Å². The van der Waals surface area contributed by atoms with Crippen molar-refractivity contribution in [2.45, 2.75) is 0 Å². The van der Waals surface area contributed by atoms with Crippen molar-refractivity contribution in [3.05, 3.63) is 73.5 Å². The average molecular weight is 448 g/mol. The molecule has 0 unspecified atom stereocenters.